The third-order valence-corrected chi connectivity index (χ3v) is 8.32. The van der Waals surface area contributed by atoms with Crippen LogP contribution in [0.2, 0.25) is 0 Å². The van der Waals surface area contributed by atoms with Crippen molar-refractivity contribution < 1.29 is 0 Å². The van der Waals surface area contributed by atoms with Crippen LogP contribution in [0.5, 0.6) is 0 Å². The van der Waals surface area contributed by atoms with Gasteiger partial charge in [0, 0.05) is 18.0 Å². The number of anilines is 1. The molecule has 1 atom stereocenters. The lowest BCUT2D eigenvalue weighted by atomic mass is 9.92. The van der Waals surface area contributed by atoms with E-state index in [0.29, 0.717) is 0 Å². The number of allylic oxidation sites excluding steroid dienone is 2. The van der Waals surface area contributed by atoms with Gasteiger partial charge in [0.1, 0.15) is 12.0 Å². The van der Waals surface area contributed by atoms with Gasteiger partial charge in [-0.2, -0.15) is 0 Å². The fourth-order valence-corrected chi connectivity index (χ4v) is 6.49. The molecule has 0 amide bonds. The highest BCUT2D eigenvalue weighted by Crippen LogP contribution is 2.32. The van der Waals surface area contributed by atoms with Crippen molar-refractivity contribution in [2.75, 3.05) is 5.32 Å². The van der Waals surface area contributed by atoms with Crippen molar-refractivity contribution in [3.05, 3.63) is 148 Å². The average molecular weight is 562 g/mol. The molecule has 0 spiro atoms. The van der Waals surface area contributed by atoms with E-state index in [-0.39, 0.29) is 6.17 Å². The first-order chi connectivity index (χ1) is 20.7. The normalized spacial score (nSPS) is 14.3. The van der Waals surface area contributed by atoms with Gasteiger partial charge in [-0.25, -0.2) is 4.98 Å². The highest BCUT2D eigenvalue weighted by atomic mass is 15.1. The highest BCUT2D eigenvalue weighted by Gasteiger charge is 2.12. The minimum Gasteiger partial charge on any atom is -0.368 e. The molecule has 0 saturated carbocycles. The lowest BCUT2D eigenvalue weighted by Crippen LogP contribution is -2.32. The van der Waals surface area contributed by atoms with Crippen LogP contribution in [-0.4, -0.2) is 11.1 Å². The molecule has 5 aromatic rings. The van der Waals surface area contributed by atoms with Crippen LogP contribution in [0.1, 0.15) is 38.9 Å². The third kappa shape index (κ3) is 6.03. The zero-order valence-corrected chi connectivity index (χ0v) is 25.9. The quantitative estimate of drug-likeness (QED) is 0.217. The van der Waals surface area contributed by atoms with Gasteiger partial charge in [0.25, 0.3) is 0 Å². The number of hydrogen-bond donors (Lipinski definition) is 2. The lowest BCUT2D eigenvalue weighted by molar-refractivity contribution is 0.773. The van der Waals surface area contributed by atoms with E-state index in [2.05, 4.69) is 149 Å². The summed E-state index contributed by atoms with van der Waals surface area (Å²) in [5.74, 6) is 0.832. The summed E-state index contributed by atoms with van der Waals surface area (Å²) < 4.78 is 0. The van der Waals surface area contributed by atoms with E-state index in [0.717, 1.165) is 22.5 Å². The number of aromatic nitrogens is 1. The maximum absolute atomic E-state index is 4.70. The van der Waals surface area contributed by atoms with Crippen LogP contribution in [0, 0.1) is 41.5 Å². The Hall–Kier alpha value is -4.89. The molecule has 1 aliphatic heterocycles. The Labute approximate surface area is 256 Å². The Bertz CT molecular complexity index is 1790. The number of nitrogens with one attached hydrogen (secondary N) is 2. The van der Waals surface area contributed by atoms with Crippen molar-refractivity contribution in [1.82, 2.24) is 10.3 Å². The highest BCUT2D eigenvalue weighted by molar-refractivity contribution is 5.79. The maximum atomic E-state index is 4.70. The van der Waals surface area contributed by atoms with Crippen molar-refractivity contribution in [1.29, 1.82) is 0 Å². The molecule has 1 aliphatic rings. The first-order valence-corrected chi connectivity index (χ1v) is 15.0. The topological polar surface area (TPSA) is 37.0 Å². The average Bonchev–Trinajstić information content (AvgIpc) is 2.98. The van der Waals surface area contributed by atoms with Gasteiger partial charge in [-0.05, 0) is 121 Å². The minimum absolute atomic E-state index is 0.0282. The molecule has 214 valence electrons. The van der Waals surface area contributed by atoms with Gasteiger partial charge in [0.15, 0.2) is 0 Å². The monoisotopic (exact) mass is 561 g/mol. The summed E-state index contributed by atoms with van der Waals surface area (Å²) in [7, 11) is 0. The molecular formula is C40H39N3. The Balaban J connectivity index is 1.08. The van der Waals surface area contributed by atoms with Crippen molar-refractivity contribution >= 4 is 11.4 Å². The van der Waals surface area contributed by atoms with Gasteiger partial charge >= 0.3 is 0 Å². The van der Waals surface area contributed by atoms with Gasteiger partial charge in [0.05, 0.1) is 0 Å². The van der Waals surface area contributed by atoms with Crippen molar-refractivity contribution in [3.8, 4) is 33.4 Å². The van der Waals surface area contributed by atoms with Gasteiger partial charge < -0.3 is 10.6 Å². The molecule has 6 rings (SSSR count). The number of pyridine rings is 1. The lowest BCUT2D eigenvalue weighted by Gasteiger charge is -2.21. The zero-order chi connectivity index (χ0) is 30.1. The Morgan fingerprint density at radius 1 is 0.558 bits per heavy atom. The molecule has 4 aromatic carbocycles. The van der Waals surface area contributed by atoms with E-state index >= 15 is 0 Å². The van der Waals surface area contributed by atoms with Crippen molar-refractivity contribution in [3.63, 3.8) is 0 Å². The molecule has 0 fully saturated rings. The van der Waals surface area contributed by atoms with Crippen LogP contribution >= 0.6 is 0 Å². The number of aryl methyl sites for hydroxylation is 6. The van der Waals surface area contributed by atoms with E-state index in [1.165, 1.54) is 61.2 Å². The van der Waals surface area contributed by atoms with Crippen LogP contribution < -0.4 is 10.6 Å². The van der Waals surface area contributed by atoms with E-state index in [4.69, 9.17) is 4.98 Å². The maximum Gasteiger partial charge on any atom is 0.127 e. The molecule has 1 unspecified atom stereocenters. The number of dihydropyridines is 1. The molecule has 0 saturated heterocycles. The largest absolute Gasteiger partial charge is 0.368 e. The molecule has 0 bridgehead atoms. The van der Waals surface area contributed by atoms with E-state index < -0.39 is 0 Å². The second-order valence-electron chi connectivity index (χ2n) is 11.9. The SMILES string of the molecule is Cc1cc(C)c(-c2ccc(C3=CNC(Nc4ccc(-c5ccc(-c6c(C)cc(C)cc6C)cc5)cn4)C=C3)cc2)c(C)c1. The first-order valence-electron chi connectivity index (χ1n) is 15.0. The summed E-state index contributed by atoms with van der Waals surface area (Å²) in [4.78, 5) is 4.70. The van der Waals surface area contributed by atoms with Crippen LogP contribution in [0.3, 0.4) is 0 Å². The number of benzene rings is 4. The zero-order valence-electron chi connectivity index (χ0n) is 25.9. The summed E-state index contributed by atoms with van der Waals surface area (Å²) in [5.41, 5.74) is 17.7. The van der Waals surface area contributed by atoms with E-state index in [1.54, 1.807) is 0 Å². The van der Waals surface area contributed by atoms with E-state index in [9.17, 15) is 0 Å². The molecule has 43 heavy (non-hydrogen) atoms. The summed E-state index contributed by atoms with van der Waals surface area (Å²) in [6.07, 6.45) is 8.29. The summed E-state index contributed by atoms with van der Waals surface area (Å²) in [6, 6.07) is 30.8. The van der Waals surface area contributed by atoms with Crippen molar-refractivity contribution in [2.45, 2.75) is 47.7 Å². The second kappa shape index (κ2) is 11.8. The number of nitrogens with zero attached hydrogens (tertiary/aromatic N) is 1. The van der Waals surface area contributed by atoms with Gasteiger partial charge in [0.2, 0.25) is 0 Å². The van der Waals surface area contributed by atoms with Crippen LogP contribution in [0.15, 0.2) is 109 Å². The fourth-order valence-electron chi connectivity index (χ4n) is 6.49. The summed E-state index contributed by atoms with van der Waals surface area (Å²) in [6.45, 7) is 13.1. The van der Waals surface area contributed by atoms with Gasteiger partial charge in [-0.15, -0.1) is 0 Å². The van der Waals surface area contributed by atoms with Crippen LogP contribution in [-0.2, 0) is 0 Å². The minimum atomic E-state index is -0.0282. The van der Waals surface area contributed by atoms with E-state index in [1.807, 2.05) is 12.3 Å². The molecule has 0 radical (unpaired) electrons. The molecule has 2 heterocycles. The Morgan fingerprint density at radius 2 is 1.02 bits per heavy atom. The van der Waals surface area contributed by atoms with Crippen molar-refractivity contribution in [2.24, 2.45) is 0 Å². The predicted molar refractivity (Wildman–Crippen MR) is 183 cm³/mol. The molecule has 3 heteroatoms. The third-order valence-electron chi connectivity index (χ3n) is 8.32. The number of rotatable bonds is 6. The Kier molecular flexibility index (Phi) is 7.73. The molecular weight excluding hydrogens is 522 g/mol. The molecule has 0 aliphatic carbocycles. The molecule has 2 N–H and O–H groups in total. The van der Waals surface area contributed by atoms with Crippen LogP contribution in [0.25, 0.3) is 39.0 Å². The smallest absolute Gasteiger partial charge is 0.127 e. The Morgan fingerprint density at radius 3 is 1.47 bits per heavy atom. The fraction of sp³-hybridized carbons (Fsp3) is 0.175. The standard InChI is InChI=1S/C40H39N3/c1-25-19-27(3)39(28(4)20-25)33-11-7-31(8-12-33)35-15-17-37(41-23-35)43-38-18-16-36(24-42-38)32-9-13-34(14-10-32)40-29(5)21-26(2)22-30(40)6/h7-24,37,41H,1-6H3,(H,42,43). The van der Waals surface area contributed by atoms with Crippen LogP contribution in [0.4, 0.5) is 5.82 Å². The first kappa shape index (κ1) is 28.2. The number of hydrogen-bond acceptors (Lipinski definition) is 3. The summed E-state index contributed by atoms with van der Waals surface area (Å²) >= 11 is 0. The molecule has 1 aromatic heterocycles. The predicted octanol–water partition coefficient (Wildman–Crippen LogP) is 9.87. The van der Waals surface area contributed by atoms with Gasteiger partial charge in [-0.3, -0.25) is 0 Å². The van der Waals surface area contributed by atoms with Gasteiger partial charge in [-0.1, -0.05) is 90.0 Å². The second-order valence-corrected chi connectivity index (χ2v) is 11.9. The summed E-state index contributed by atoms with van der Waals surface area (Å²) in [5, 5.41) is 6.94. The molecule has 3 nitrogen and oxygen atoms in total.